The zero-order chi connectivity index (χ0) is 32.2. The molecule has 4 rings (SSSR count). The Balaban J connectivity index is 1.52. The van der Waals surface area contributed by atoms with Gasteiger partial charge in [-0.25, -0.2) is 13.1 Å². The van der Waals surface area contributed by atoms with Crippen LogP contribution in [0.15, 0.2) is 83.8 Å². The van der Waals surface area contributed by atoms with Crippen molar-refractivity contribution in [2.24, 2.45) is 0 Å². The zero-order valence-electron chi connectivity index (χ0n) is 26.4. The number of benzene rings is 3. The van der Waals surface area contributed by atoms with Crippen LogP contribution in [0.1, 0.15) is 56.2 Å². The smallest absolute Gasteiger partial charge is 0.243 e. The Morgan fingerprint density at radius 1 is 0.911 bits per heavy atom. The number of nitrogens with zero attached hydrogens (tertiary/aromatic N) is 1. The Hall–Kier alpha value is -3.73. The molecule has 0 unspecified atom stereocenters. The molecule has 2 amide bonds. The highest BCUT2D eigenvalue weighted by Gasteiger charge is 2.31. The Morgan fingerprint density at radius 3 is 2.20 bits per heavy atom. The van der Waals surface area contributed by atoms with E-state index in [0.717, 1.165) is 29.5 Å². The topological polar surface area (TPSA) is 114 Å². The number of hydrogen-bond acceptors (Lipinski definition) is 6. The number of nitrogens with one attached hydrogen (secondary N) is 2. The van der Waals surface area contributed by atoms with Crippen molar-refractivity contribution in [3.63, 3.8) is 0 Å². The van der Waals surface area contributed by atoms with Crippen LogP contribution in [-0.4, -0.2) is 63.6 Å². The van der Waals surface area contributed by atoms with Crippen LogP contribution in [-0.2, 0) is 43.7 Å². The molecule has 45 heavy (non-hydrogen) atoms. The Bertz CT molecular complexity index is 1470. The monoisotopic (exact) mass is 635 g/mol. The molecule has 1 atom stereocenters. The average molecular weight is 636 g/mol. The molecular formula is C35H45N3O6S. The predicted octanol–water partition coefficient (Wildman–Crippen LogP) is 4.64. The molecule has 3 aromatic rings. The first-order valence-corrected chi connectivity index (χ1v) is 17.1. The average Bonchev–Trinajstić information content (AvgIpc) is 3.85. The molecule has 1 saturated carbocycles. The summed E-state index contributed by atoms with van der Waals surface area (Å²) in [5.41, 5.74) is 2.66. The summed E-state index contributed by atoms with van der Waals surface area (Å²) in [6, 6.07) is 23.1. The third kappa shape index (κ3) is 11.0. The van der Waals surface area contributed by atoms with Gasteiger partial charge in [0.1, 0.15) is 11.8 Å². The molecule has 1 aliphatic rings. The summed E-state index contributed by atoms with van der Waals surface area (Å²) in [5, 5.41) is 3.03. The van der Waals surface area contributed by atoms with Crippen LogP contribution in [0, 0.1) is 0 Å². The molecule has 3 aromatic carbocycles. The number of methoxy groups -OCH3 is 1. The minimum atomic E-state index is -3.55. The van der Waals surface area contributed by atoms with Crippen molar-refractivity contribution in [1.29, 1.82) is 0 Å². The van der Waals surface area contributed by atoms with E-state index in [0.29, 0.717) is 38.2 Å². The van der Waals surface area contributed by atoms with Crippen molar-refractivity contribution in [1.82, 2.24) is 14.9 Å². The second-order valence-electron chi connectivity index (χ2n) is 11.7. The summed E-state index contributed by atoms with van der Waals surface area (Å²) in [7, 11) is -1.95. The van der Waals surface area contributed by atoms with E-state index < -0.39 is 16.1 Å². The number of amides is 2. The van der Waals surface area contributed by atoms with Crippen molar-refractivity contribution in [3.05, 3.63) is 95.6 Å². The first-order chi connectivity index (χ1) is 21.6. The highest BCUT2D eigenvalue weighted by atomic mass is 32.2. The third-order valence-electron chi connectivity index (χ3n) is 7.61. The summed E-state index contributed by atoms with van der Waals surface area (Å²) in [4.78, 5) is 29.6. The largest absolute Gasteiger partial charge is 0.497 e. The summed E-state index contributed by atoms with van der Waals surface area (Å²) < 4.78 is 38.8. The second-order valence-corrected chi connectivity index (χ2v) is 13.4. The molecule has 1 fully saturated rings. The van der Waals surface area contributed by atoms with E-state index in [1.807, 2.05) is 68.4 Å². The van der Waals surface area contributed by atoms with E-state index in [4.69, 9.17) is 9.47 Å². The molecule has 0 aliphatic heterocycles. The number of carbonyl (C=O) groups is 2. The van der Waals surface area contributed by atoms with E-state index in [2.05, 4.69) is 10.0 Å². The number of aryl methyl sites for hydroxylation is 1. The van der Waals surface area contributed by atoms with Gasteiger partial charge in [0.25, 0.3) is 0 Å². The number of hydrogen-bond donors (Lipinski definition) is 2. The van der Waals surface area contributed by atoms with E-state index in [1.54, 1.807) is 36.3 Å². The molecule has 0 spiro atoms. The van der Waals surface area contributed by atoms with Gasteiger partial charge in [-0.2, -0.15) is 0 Å². The van der Waals surface area contributed by atoms with Gasteiger partial charge >= 0.3 is 0 Å². The van der Waals surface area contributed by atoms with Crippen LogP contribution in [0.2, 0.25) is 0 Å². The Morgan fingerprint density at radius 2 is 1.58 bits per heavy atom. The van der Waals surface area contributed by atoms with Gasteiger partial charge in [-0.1, -0.05) is 54.6 Å². The van der Waals surface area contributed by atoms with Gasteiger partial charge in [-0.15, -0.1) is 0 Å². The van der Waals surface area contributed by atoms with Crippen LogP contribution in [0.25, 0.3) is 0 Å². The molecule has 9 nitrogen and oxygen atoms in total. The second kappa shape index (κ2) is 16.5. The minimum Gasteiger partial charge on any atom is -0.497 e. The molecule has 1 aliphatic carbocycles. The lowest BCUT2D eigenvalue weighted by molar-refractivity contribution is -0.141. The molecule has 10 heteroatoms. The zero-order valence-corrected chi connectivity index (χ0v) is 27.2. The maximum atomic E-state index is 14.0. The quantitative estimate of drug-likeness (QED) is 0.197. The fraction of sp³-hybridized carbons (Fsp3) is 0.429. The van der Waals surface area contributed by atoms with Crippen LogP contribution in [0.5, 0.6) is 5.75 Å². The minimum absolute atomic E-state index is 0.0263. The number of sulfonamides is 1. The van der Waals surface area contributed by atoms with E-state index >= 15 is 0 Å². The van der Waals surface area contributed by atoms with Gasteiger partial charge in [0, 0.05) is 38.6 Å². The predicted molar refractivity (Wildman–Crippen MR) is 174 cm³/mol. The van der Waals surface area contributed by atoms with E-state index in [9.17, 15) is 18.0 Å². The number of ether oxygens (including phenoxy) is 2. The van der Waals surface area contributed by atoms with Gasteiger partial charge in [0.05, 0.1) is 18.1 Å². The van der Waals surface area contributed by atoms with E-state index in [1.165, 1.54) is 0 Å². The van der Waals surface area contributed by atoms with Gasteiger partial charge in [-0.05, 0) is 80.5 Å². The van der Waals surface area contributed by atoms with Crippen molar-refractivity contribution < 1.29 is 27.5 Å². The molecule has 0 aromatic heterocycles. The maximum absolute atomic E-state index is 14.0. The van der Waals surface area contributed by atoms with Gasteiger partial charge in [-0.3, -0.25) is 9.59 Å². The summed E-state index contributed by atoms with van der Waals surface area (Å²) in [6.45, 7) is 5.16. The van der Waals surface area contributed by atoms with Gasteiger partial charge in [0.2, 0.25) is 21.8 Å². The number of rotatable bonds is 18. The molecular weight excluding hydrogens is 590 g/mol. The SMILES string of the molecule is COc1ccc(CN(C(=O)CCc2ccc(S(=O)(=O)NC3CC3)cc2)[C@H](Cc2ccccc2)C(=O)NCCCOC(C)C)cc1. The number of carbonyl (C=O) groups excluding carboxylic acids is 2. The van der Waals surface area contributed by atoms with Crippen LogP contribution >= 0.6 is 0 Å². The fourth-order valence-electron chi connectivity index (χ4n) is 4.92. The highest BCUT2D eigenvalue weighted by Crippen LogP contribution is 2.23. The first kappa shape index (κ1) is 34.1. The molecule has 0 bridgehead atoms. The summed E-state index contributed by atoms with van der Waals surface area (Å²) >= 11 is 0. The Labute approximate surface area is 267 Å². The van der Waals surface area contributed by atoms with E-state index in [-0.39, 0.29) is 41.8 Å². The van der Waals surface area contributed by atoms with Gasteiger partial charge in [0.15, 0.2) is 0 Å². The molecule has 0 radical (unpaired) electrons. The van der Waals surface area contributed by atoms with Crippen molar-refractivity contribution in [2.45, 2.75) is 82.0 Å². The maximum Gasteiger partial charge on any atom is 0.243 e. The normalized spacial score (nSPS) is 13.8. The third-order valence-corrected chi connectivity index (χ3v) is 9.15. The summed E-state index contributed by atoms with van der Waals surface area (Å²) in [5.74, 6) is 0.316. The lowest BCUT2D eigenvalue weighted by Gasteiger charge is -2.32. The lowest BCUT2D eigenvalue weighted by atomic mass is 10.0. The van der Waals surface area contributed by atoms with Gasteiger partial charge < -0.3 is 19.7 Å². The van der Waals surface area contributed by atoms with Crippen molar-refractivity contribution in [3.8, 4) is 5.75 Å². The highest BCUT2D eigenvalue weighted by molar-refractivity contribution is 7.89. The van der Waals surface area contributed by atoms with Crippen molar-refractivity contribution in [2.75, 3.05) is 20.3 Å². The summed E-state index contributed by atoms with van der Waals surface area (Å²) in [6.07, 6.45) is 3.42. The van der Waals surface area contributed by atoms with Crippen molar-refractivity contribution >= 4 is 21.8 Å². The van der Waals surface area contributed by atoms with Crippen LogP contribution in [0.4, 0.5) is 0 Å². The molecule has 242 valence electrons. The van der Waals surface area contributed by atoms with Crippen LogP contribution in [0.3, 0.4) is 0 Å². The Kier molecular flexibility index (Phi) is 12.6. The van der Waals surface area contributed by atoms with Crippen LogP contribution < -0.4 is 14.8 Å². The first-order valence-electron chi connectivity index (χ1n) is 15.6. The fourth-order valence-corrected chi connectivity index (χ4v) is 6.23. The molecule has 2 N–H and O–H groups in total. The molecule has 0 heterocycles. The lowest BCUT2D eigenvalue weighted by Crippen LogP contribution is -2.50. The molecule has 0 saturated heterocycles. The standard InChI is InChI=1S/C35H45N3O6S/c1-26(2)44-23-7-22-36-35(40)33(24-28-8-5-4-6-9-28)38(25-29-10-17-31(43-3)18-11-29)34(39)21-14-27-12-19-32(20-13-27)45(41,42)37-30-15-16-30/h4-6,8-13,17-20,26,30,33,37H,7,14-16,21-25H2,1-3H3,(H,36,40)/t33-/m1/s1.